The van der Waals surface area contributed by atoms with Crippen molar-refractivity contribution in [2.45, 2.75) is 63.9 Å². The first-order chi connectivity index (χ1) is 15.8. The average Bonchev–Trinajstić information content (AvgIpc) is 2.83. The molecule has 1 fully saturated rings. The van der Waals surface area contributed by atoms with Gasteiger partial charge in [0.2, 0.25) is 0 Å². The molecule has 1 aliphatic rings. The van der Waals surface area contributed by atoms with Gasteiger partial charge in [-0.3, -0.25) is 5.32 Å². The lowest BCUT2D eigenvalue weighted by molar-refractivity contribution is 0.0585. The summed E-state index contributed by atoms with van der Waals surface area (Å²) in [7, 11) is 0. The van der Waals surface area contributed by atoms with Gasteiger partial charge in [0.25, 0.3) is 0 Å². The molecule has 7 heteroatoms. The summed E-state index contributed by atoms with van der Waals surface area (Å²) in [6.45, 7) is 4.00. The standard InChI is InChI=1S/C27H39N3O2.2ClH/c28-19-11-4-2-1-3-5-12-20-30-21-17-24(18-22-30)32-27(31)29-26-16-10-9-15-25(26)23-13-7-6-8-14-23;;/h6-10,13-16,24H,1-5,11-12,17-22,28H2,(H,29,31);2*1H. The number of halogens is 2. The van der Waals surface area contributed by atoms with Crippen LogP contribution < -0.4 is 11.1 Å². The van der Waals surface area contributed by atoms with E-state index in [0.29, 0.717) is 0 Å². The molecule has 1 aliphatic heterocycles. The second kappa shape index (κ2) is 17.6. The van der Waals surface area contributed by atoms with Crippen molar-refractivity contribution < 1.29 is 9.53 Å². The van der Waals surface area contributed by atoms with Crippen LogP contribution in [0.5, 0.6) is 0 Å². The topological polar surface area (TPSA) is 67.6 Å². The van der Waals surface area contributed by atoms with Gasteiger partial charge in [-0.25, -0.2) is 4.79 Å². The van der Waals surface area contributed by atoms with Gasteiger partial charge in [0.15, 0.2) is 0 Å². The molecule has 34 heavy (non-hydrogen) atoms. The normalized spacial score (nSPS) is 14.0. The summed E-state index contributed by atoms with van der Waals surface area (Å²) in [6.07, 6.45) is 10.4. The largest absolute Gasteiger partial charge is 0.446 e. The van der Waals surface area contributed by atoms with Crippen LogP contribution in [-0.4, -0.2) is 43.3 Å². The van der Waals surface area contributed by atoms with Crippen molar-refractivity contribution in [2.75, 3.05) is 31.5 Å². The van der Waals surface area contributed by atoms with Crippen LogP contribution in [0.15, 0.2) is 54.6 Å². The number of nitrogens with two attached hydrogens (primary N) is 1. The van der Waals surface area contributed by atoms with E-state index >= 15 is 0 Å². The van der Waals surface area contributed by atoms with Crippen LogP contribution in [0.4, 0.5) is 10.5 Å². The van der Waals surface area contributed by atoms with Crippen molar-refractivity contribution in [1.82, 2.24) is 4.90 Å². The Kier molecular flexibility index (Phi) is 15.7. The second-order valence-corrected chi connectivity index (χ2v) is 8.75. The minimum Gasteiger partial charge on any atom is -0.446 e. The Morgan fingerprint density at radius 1 is 0.853 bits per heavy atom. The van der Waals surface area contributed by atoms with Gasteiger partial charge < -0.3 is 15.4 Å². The summed E-state index contributed by atoms with van der Waals surface area (Å²) in [5.41, 5.74) is 8.39. The zero-order chi connectivity index (χ0) is 22.4. The molecule has 0 unspecified atom stereocenters. The van der Waals surface area contributed by atoms with Crippen molar-refractivity contribution >= 4 is 36.6 Å². The van der Waals surface area contributed by atoms with Gasteiger partial charge in [0, 0.05) is 18.7 Å². The molecular formula is C27H41Cl2N3O2. The molecular weight excluding hydrogens is 469 g/mol. The number of nitrogens with one attached hydrogen (secondary N) is 1. The number of rotatable bonds is 12. The number of amides is 1. The molecule has 0 radical (unpaired) electrons. The van der Waals surface area contributed by atoms with E-state index in [1.165, 1.54) is 38.5 Å². The maximum Gasteiger partial charge on any atom is 0.411 e. The lowest BCUT2D eigenvalue weighted by Gasteiger charge is -2.31. The zero-order valence-electron chi connectivity index (χ0n) is 20.1. The van der Waals surface area contributed by atoms with Gasteiger partial charge >= 0.3 is 6.09 Å². The van der Waals surface area contributed by atoms with Crippen LogP contribution >= 0.6 is 24.8 Å². The number of carbonyl (C=O) groups excluding carboxylic acids is 1. The molecule has 1 amide bonds. The third kappa shape index (κ3) is 10.6. The predicted molar refractivity (Wildman–Crippen MR) is 147 cm³/mol. The lowest BCUT2D eigenvalue weighted by Crippen LogP contribution is -2.38. The van der Waals surface area contributed by atoms with E-state index in [9.17, 15) is 4.79 Å². The number of nitrogens with zero attached hydrogens (tertiary/aromatic N) is 1. The summed E-state index contributed by atoms with van der Waals surface area (Å²) in [5.74, 6) is 0. The molecule has 2 aromatic carbocycles. The number of ether oxygens (including phenoxy) is 1. The Hall–Kier alpha value is -1.79. The molecule has 1 heterocycles. The highest BCUT2D eigenvalue weighted by atomic mass is 35.5. The number of benzene rings is 2. The predicted octanol–water partition coefficient (Wildman–Crippen LogP) is 6.90. The Morgan fingerprint density at radius 2 is 1.44 bits per heavy atom. The van der Waals surface area contributed by atoms with Crippen molar-refractivity contribution in [1.29, 1.82) is 0 Å². The zero-order valence-corrected chi connectivity index (χ0v) is 21.8. The summed E-state index contributed by atoms with van der Waals surface area (Å²) >= 11 is 0. The van der Waals surface area contributed by atoms with Gasteiger partial charge in [-0.1, -0.05) is 80.6 Å². The highest BCUT2D eigenvalue weighted by Gasteiger charge is 2.22. The highest BCUT2D eigenvalue weighted by Crippen LogP contribution is 2.28. The fourth-order valence-corrected chi connectivity index (χ4v) is 4.37. The SMILES string of the molecule is Cl.Cl.NCCCCCCCCCN1CCC(OC(=O)Nc2ccccc2-c2ccccc2)CC1. The number of hydrogen-bond acceptors (Lipinski definition) is 4. The molecule has 0 aliphatic carbocycles. The van der Waals surface area contributed by atoms with E-state index in [1.54, 1.807) is 0 Å². The molecule has 5 nitrogen and oxygen atoms in total. The fraction of sp³-hybridized carbons (Fsp3) is 0.519. The van der Waals surface area contributed by atoms with E-state index in [4.69, 9.17) is 10.5 Å². The van der Waals surface area contributed by atoms with Crippen molar-refractivity contribution in [2.24, 2.45) is 5.73 Å². The minimum absolute atomic E-state index is 0. The minimum atomic E-state index is -0.360. The van der Waals surface area contributed by atoms with E-state index in [2.05, 4.69) is 10.2 Å². The summed E-state index contributed by atoms with van der Waals surface area (Å²) < 4.78 is 5.74. The number of hydrogen-bond donors (Lipinski definition) is 2. The number of anilines is 1. The molecule has 3 N–H and O–H groups in total. The van der Waals surface area contributed by atoms with E-state index in [1.807, 2.05) is 54.6 Å². The summed E-state index contributed by atoms with van der Waals surface area (Å²) in [5, 5.41) is 2.95. The fourth-order valence-electron chi connectivity index (χ4n) is 4.37. The number of carbonyl (C=O) groups is 1. The average molecular weight is 511 g/mol. The third-order valence-electron chi connectivity index (χ3n) is 6.24. The first-order valence-corrected chi connectivity index (χ1v) is 12.3. The maximum absolute atomic E-state index is 12.5. The maximum atomic E-state index is 12.5. The Balaban J connectivity index is 0.00000289. The van der Waals surface area contributed by atoms with Gasteiger partial charge in [0.1, 0.15) is 6.10 Å². The highest BCUT2D eigenvalue weighted by molar-refractivity contribution is 5.91. The molecule has 2 aromatic rings. The van der Waals surface area contributed by atoms with E-state index in [-0.39, 0.29) is 37.0 Å². The Bertz CT molecular complexity index is 799. The van der Waals surface area contributed by atoms with Crippen LogP contribution in [0.1, 0.15) is 57.8 Å². The molecule has 0 spiro atoms. The van der Waals surface area contributed by atoms with Crippen LogP contribution in [0.3, 0.4) is 0 Å². The monoisotopic (exact) mass is 509 g/mol. The van der Waals surface area contributed by atoms with E-state index < -0.39 is 0 Å². The quantitative estimate of drug-likeness (QED) is 0.305. The van der Waals surface area contributed by atoms with Gasteiger partial charge in [0.05, 0.1) is 5.69 Å². The Labute approximate surface area is 217 Å². The van der Waals surface area contributed by atoms with Crippen LogP contribution in [-0.2, 0) is 4.74 Å². The van der Waals surface area contributed by atoms with Crippen molar-refractivity contribution in [3.63, 3.8) is 0 Å². The molecule has 190 valence electrons. The number of piperidine rings is 1. The van der Waals surface area contributed by atoms with E-state index in [0.717, 1.165) is 62.3 Å². The molecule has 0 aromatic heterocycles. The summed E-state index contributed by atoms with van der Waals surface area (Å²) in [4.78, 5) is 15.0. The summed E-state index contributed by atoms with van der Waals surface area (Å²) in [6, 6.07) is 17.9. The number of unbranched alkanes of at least 4 members (excludes halogenated alkanes) is 6. The molecule has 3 rings (SSSR count). The lowest BCUT2D eigenvalue weighted by atomic mass is 10.0. The van der Waals surface area contributed by atoms with Crippen LogP contribution in [0.25, 0.3) is 11.1 Å². The van der Waals surface area contributed by atoms with Crippen LogP contribution in [0, 0.1) is 0 Å². The van der Waals surface area contributed by atoms with Gasteiger partial charge in [-0.15, -0.1) is 24.8 Å². The molecule has 0 saturated carbocycles. The number of para-hydroxylation sites is 1. The molecule has 0 atom stereocenters. The molecule has 1 saturated heterocycles. The first kappa shape index (κ1) is 30.2. The van der Waals surface area contributed by atoms with Crippen molar-refractivity contribution in [3.8, 4) is 11.1 Å². The van der Waals surface area contributed by atoms with Crippen LogP contribution in [0.2, 0.25) is 0 Å². The first-order valence-electron chi connectivity index (χ1n) is 12.3. The van der Waals surface area contributed by atoms with Gasteiger partial charge in [-0.05, 0) is 50.4 Å². The van der Waals surface area contributed by atoms with Crippen molar-refractivity contribution in [3.05, 3.63) is 54.6 Å². The smallest absolute Gasteiger partial charge is 0.411 e. The second-order valence-electron chi connectivity index (χ2n) is 8.75. The number of likely N-dealkylation sites (tertiary alicyclic amines) is 1. The Morgan fingerprint density at radius 3 is 2.12 bits per heavy atom. The third-order valence-corrected chi connectivity index (χ3v) is 6.24. The molecule has 0 bridgehead atoms. The van der Waals surface area contributed by atoms with Gasteiger partial charge in [-0.2, -0.15) is 0 Å².